The summed E-state index contributed by atoms with van der Waals surface area (Å²) < 4.78 is 0. The Hall–Kier alpha value is -1.48. The molecule has 0 radical (unpaired) electrons. The predicted molar refractivity (Wildman–Crippen MR) is 62.9 cm³/mol. The van der Waals surface area contributed by atoms with Crippen LogP contribution < -0.4 is 5.73 Å². The first-order valence-electron chi connectivity index (χ1n) is 4.66. The molecule has 1 aromatic heterocycles. The molecule has 0 amide bonds. The molecule has 0 unspecified atom stereocenters. The molecule has 0 saturated carbocycles. The molecule has 4 heteroatoms. The molecular weight excluding hydrogens is 210 g/mol. The summed E-state index contributed by atoms with van der Waals surface area (Å²) in [4.78, 5) is 7.56. The molecule has 0 saturated heterocycles. The third-order valence-corrected chi connectivity index (χ3v) is 2.70. The average molecular weight is 222 g/mol. The number of rotatable bonds is 1. The predicted octanol–water partition coefficient (Wildman–Crippen LogP) is 2.93. The molecule has 2 rings (SSSR count). The standard InChI is InChI=1S/C11H12ClN3/c1-6-7(2)15-11(14-6)9-5-8(13)3-4-10(9)12/h3-5H,13H2,1-2H3,(H,14,15). The number of hydrogen-bond acceptors (Lipinski definition) is 2. The lowest BCUT2D eigenvalue weighted by Crippen LogP contribution is -1.88. The summed E-state index contributed by atoms with van der Waals surface area (Å²) in [5, 5.41) is 0.651. The number of nitrogens with two attached hydrogens (primary N) is 1. The lowest BCUT2D eigenvalue weighted by atomic mass is 10.2. The first-order chi connectivity index (χ1) is 7.08. The van der Waals surface area contributed by atoms with E-state index in [1.807, 2.05) is 19.9 Å². The maximum absolute atomic E-state index is 6.08. The van der Waals surface area contributed by atoms with Crippen LogP contribution in [0.4, 0.5) is 5.69 Å². The number of imidazole rings is 1. The number of nitrogen functional groups attached to an aromatic ring is 1. The topological polar surface area (TPSA) is 54.7 Å². The number of nitrogens with zero attached hydrogens (tertiary/aromatic N) is 1. The highest BCUT2D eigenvalue weighted by Gasteiger charge is 2.09. The normalized spacial score (nSPS) is 10.6. The van der Waals surface area contributed by atoms with Crippen LogP contribution in [0.5, 0.6) is 0 Å². The van der Waals surface area contributed by atoms with E-state index in [2.05, 4.69) is 9.97 Å². The number of anilines is 1. The molecule has 1 aromatic carbocycles. The zero-order valence-corrected chi connectivity index (χ0v) is 9.39. The Kier molecular flexibility index (Phi) is 2.40. The Labute approximate surface area is 93.3 Å². The number of nitrogens with one attached hydrogen (secondary N) is 1. The van der Waals surface area contributed by atoms with Gasteiger partial charge in [0.05, 0.1) is 10.7 Å². The van der Waals surface area contributed by atoms with E-state index < -0.39 is 0 Å². The van der Waals surface area contributed by atoms with Crippen molar-refractivity contribution < 1.29 is 0 Å². The number of aryl methyl sites for hydroxylation is 2. The lowest BCUT2D eigenvalue weighted by molar-refractivity contribution is 1.22. The molecular formula is C11H12ClN3. The first kappa shape index (κ1) is 10.1. The molecule has 3 nitrogen and oxygen atoms in total. The highest BCUT2D eigenvalue weighted by Crippen LogP contribution is 2.28. The Bertz CT molecular complexity index is 483. The number of aromatic nitrogens is 2. The molecule has 0 aliphatic rings. The van der Waals surface area contributed by atoms with Gasteiger partial charge < -0.3 is 10.7 Å². The Morgan fingerprint density at radius 3 is 2.67 bits per heavy atom. The van der Waals surface area contributed by atoms with Crippen molar-refractivity contribution in [1.82, 2.24) is 9.97 Å². The van der Waals surface area contributed by atoms with Crippen molar-refractivity contribution in [3.8, 4) is 11.4 Å². The molecule has 78 valence electrons. The SMILES string of the molecule is Cc1nc(-c2cc(N)ccc2Cl)[nH]c1C. The smallest absolute Gasteiger partial charge is 0.139 e. The van der Waals surface area contributed by atoms with E-state index >= 15 is 0 Å². The van der Waals surface area contributed by atoms with Gasteiger partial charge in [-0.1, -0.05) is 11.6 Å². The van der Waals surface area contributed by atoms with E-state index in [4.69, 9.17) is 17.3 Å². The lowest BCUT2D eigenvalue weighted by Gasteiger charge is -2.01. The second-order valence-corrected chi connectivity index (χ2v) is 3.94. The van der Waals surface area contributed by atoms with Gasteiger partial charge >= 0.3 is 0 Å². The van der Waals surface area contributed by atoms with E-state index in [0.717, 1.165) is 22.8 Å². The van der Waals surface area contributed by atoms with Crippen LogP contribution in [-0.2, 0) is 0 Å². The fourth-order valence-electron chi connectivity index (χ4n) is 1.40. The molecule has 0 fully saturated rings. The molecule has 3 N–H and O–H groups in total. The van der Waals surface area contributed by atoms with Gasteiger partial charge in [-0.3, -0.25) is 0 Å². The zero-order chi connectivity index (χ0) is 11.0. The van der Waals surface area contributed by atoms with Gasteiger partial charge in [0.2, 0.25) is 0 Å². The number of halogens is 1. The van der Waals surface area contributed by atoms with E-state index in [-0.39, 0.29) is 0 Å². The molecule has 0 aliphatic heterocycles. The number of benzene rings is 1. The van der Waals surface area contributed by atoms with Crippen LogP contribution in [0, 0.1) is 13.8 Å². The van der Waals surface area contributed by atoms with Gasteiger partial charge in [0.1, 0.15) is 5.82 Å². The monoisotopic (exact) mass is 221 g/mol. The molecule has 0 bridgehead atoms. The summed E-state index contributed by atoms with van der Waals surface area (Å²) in [5.41, 5.74) is 9.25. The second-order valence-electron chi connectivity index (χ2n) is 3.54. The van der Waals surface area contributed by atoms with Crippen LogP contribution in [0.1, 0.15) is 11.4 Å². The molecule has 0 aliphatic carbocycles. The quantitative estimate of drug-likeness (QED) is 0.728. The van der Waals surface area contributed by atoms with Gasteiger partial charge in [0, 0.05) is 16.9 Å². The van der Waals surface area contributed by atoms with Crippen molar-refractivity contribution in [2.75, 3.05) is 5.73 Å². The third-order valence-electron chi connectivity index (χ3n) is 2.37. The molecule has 1 heterocycles. The van der Waals surface area contributed by atoms with Gasteiger partial charge in [0.15, 0.2) is 0 Å². The number of aromatic amines is 1. The van der Waals surface area contributed by atoms with Gasteiger partial charge in [-0.25, -0.2) is 4.98 Å². The van der Waals surface area contributed by atoms with Crippen molar-refractivity contribution in [2.24, 2.45) is 0 Å². The van der Waals surface area contributed by atoms with Crippen LogP contribution in [0.2, 0.25) is 5.02 Å². The third kappa shape index (κ3) is 1.83. The van der Waals surface area contributed by atoms with Crippen molar-refractivity contribution in [3.63, 3.8) is 0 Å². The van der Waals surface area contributed by atoms with E-state index in [1.54, 1.807) is 12.1 Å². The first-order valence-corrected chi connectivity index (χ1v) is 5.04. The highest BCUT2D eigenvalue weighted by atomic mass is 35.5. The van der Waals surface area contributed by atoms with Gasteiger partial charge in [0.25, 0.3) is 0 Å². The number of H-pyrrole nitrogens is 1. The molecule has 2 aromatic rings. The Balaban J connectivity index is 2.58. The van der Waals surface area contributed by atoms with Gasteiger partial charge in [-0.2, -0.15) is 0 Å². The largest absolute Gasteiger partial charge is 0.399 e. The van der Waals surface area contributed by atoms with Crippen molar-refractivity contribution >= 4 is 17.3 Å². The van der Waals surface area contributed by atoms with Crippen molar-refractivity contribution in [2.45, 2.75) is 13.8 Å². The minimum Gasteiger partial charge on any atom is -0.399 e. The maximum Gasteiger partial charge on any atom is 0.139 e. The van der Waals surface area contributed by atoms with Gasteiger partial charge in [-0.15, -0.1) is 0 Å². The summed E-state index contributed by atoms with van der Waals surface area (Å²) in [5.74, 6) is 0.766. The molecule has 0 atom stereocenters. The second kappa shape index (κ2) is 3.59. The highest BCUT2D eigenvalue weighted by molar-refractivity contribution is 6.33. The van der Waals surface area contributed by atoms with Gasteiger partial charge in [-0.05, 0) is 32.0 Å². The fourth-order valence-corrected chi connectivity index (χ4v) is 1.61. The summed E-state index contributed by atoms with van der Waals surface area (Å²) in [7, 11) is 0. The Morgan fingerprint density at radius 1 is 1.33 bits per heavy atom. The minimum absolute atomic E-state index is 0.651. The fraction of sp³-hybridized carbons (Fsp3) is 0.182. The average Bonchev–Trinajstić information content (AvgIpc) is 2.51. The van der Waals surface area contributed by atoms with Crippen molar-refractivity contribution in [1.29, 1.82) is 0 Å². The van der Waals surface area contributed by atoms with E-state index in [0.29, 0.717) is 10.7 Å². The molecule has 0 spiro atoms. The van der Waals surface area contributed by atoms with E-state index in [1.165, 1.54) is 0 Å². The van der Waals surface area contributed by atoms with Crippen LogP contribution in [0.25, 0.3) is 11.4 Å². The van der Waals surface area contributed by atoms with E-state index in [9.17, 15) is 0 Å². The summed E-state index contributed by atoms with van der Waals surface area (Å²) >= 11 is 6.08. The van der Waals surface area contributed by atoms with Crippen LogP contribution >= 0.6 is 11.6 Å². The maximum atomic E-state index is 6.08. The molecule has 15 heavy (non-hydrogen) atoms. The summed E-state index contributed by atoms with van der Waals surface area (Å²) in [6.45, 7) is 3.93. The number of hydrogen-bond donors (Lipinski definition) is 2. The minimum atomic E-state index is 0.651. The van der Waals surface area contributed by atoms with Crippen molar-refractivity contribution in [3.05, 3.63) is 34.6 Å². The summed E-state index contributed by atoms with van der Waals surface area (Å²) in [6.07, 6.45) is 0. The van der Waals surface area contributed by atoms with Crippen LogP contribution in [-0.4, -0.2) is 9.97 Å². The zero-order valence-electron chi connectivity index (χ0n) is 8.63. The van der Waals surface area contributed by atoms with Crippen LogP contribution in [0.15, 0.2) is 18.2 Å². The van der Waals surface area contributed by atoms with Crippen LogP contribution in [0.3, 0.4) is 0 Å². The Morgan fingerprint density at radius 2 is 2.07 bits per heavy atom. The summed E-state index contributed by atoms with van der Waals surface area (Å²) in [6, 6.07) is 5.37.